The quantitative estimate of drug-likeness (QED) is 0.539. The molecule has 0 aromatic carbocycles. The van der Waals surface area contributed by atoms with Crippen LogP contribution in [0.2, 0.25) is 0 Å². The van der Waals surface area contributed by atoms with E-state index in [1.54, 1.807) is 6.92 Å². The molecule has 2 atom stereocenters. The Kier molecular flexibility index (Phi) is 8.77. The van der Waals surface area contributed by atoms with Crippen molar-refractivity contribution >= 4 is 17.8 Å². The molecule has 0 radical (unpaired) electrons. The topological polar surface area (TPSA) is 74.2 Å². The summed E-state index contributed by atoms with van der Waals surface area (Å²) in [6, 6.07) is -0.616. The molecule has 0 aromatic heterocycles. The van der Waals surface area contributed by atoms with Crippen LogP contribution in [0.15, 0.2) is 4.99 Å². The van der Waals surface area contributed by atoms with Crippen LogP contribution in [0.1, 0.15) is 85.5 Å². The lowest BCUT2D eigenvalue weighted by atomic mass is 9.84. The van der Waals surface area contributed by atoms with Gasteiger partial charge in [0.2, 0.25) is 0 Å². The Morgan fingerprint density at radius 3 is 2.57 bits per heavy atom. The molecule has 2 aliphatic rings. The van der Waals surface area contributed by atoms with Gasteiger partial charge in [-0.15, -0.1) is 0 Å². The van der Waals surface area contributed by atoms with Crippen molar-refractivity contribution in [2.45, 2.75) is 97.1 Å². The summed E-state index contributed by atoms with van der Waals surface area (Å²) in [6.45, 7) is 7.88. The number of esters is 2. The average Bonchev–Trinajstić information content (AvgIpc) is 3.10. The van der Waals surface area contributed by atoms with Gasteiger partial charge in [0.25, 0.3) is 0 Å². The van der Waals surface area contributed by atoms with Crippen LogP contribution in [-0.4, -0.2) is 42.7 Å². The Hall–Kier alpha value is -1.59. The molecule has 0 N–H and O–H groups in total. The van der Waals surface area contributed by atoms with Crippen LogP contribution in [0.5, 0.6) is 0 Å². The maximum absolute atomic E-state index is 12.4. The minimum Gasteiger partial charge on any atom is -0.478 e. The average molecular weight is 396 g/mol. The summed E-state index contributed by atoms with van der Waals surface area (Å²) in [6.07, 6.45) is 9.94. The van der Waals surface area contributed by atoms with Gasteiger partial charge in [0, 0.05) is 5.92 Å². The van der Waals surface area contributed by atoms with Gasteiger partial charge in [-0.2, -0.15) is 0 Å². The zero-order chi connectivity index (χ0) is 20.6. The predicted octanol–water partition coefficient (Wildman–Crippen LogP) is 4.45. The van der Waals surface area contributed by atoms with E-state index in [-0.39, 0.29) is 30.9 Å². The molecule has 1 saturated carbocycles. The predicted molar refractivity (Wildman–Crippen MR) is 108 cm³/mol. The summed E-state index contributed by atoms with van der Waals surface area (Å²) >= 11 is 0. The van der Waals surface area contributed by atoms with E-state index >= 15 is 0 Å². The standard InChI is InChI=1S/C22H37NO5/c1-5-26-21(25)18-15-27-20(23-18)17(14-19(24)28-22(2,3)4)13-9-12-16-10-7-6-8-11-16/h16-18H,5-15H2,1-4H3/t17-,18?/m1/s1. The van der Waals surface area contributed by atoms with Gasteiger partial charge in [0.15, 0.2) is 11.9 Å². The van der Waals surface area contributed by atoms with Crippen molar-refractivity contribution in [3.8, 4) is 0 Å². The van der Waals surface area contributed by atoms with E-state index in [0.29, 0.717) is 12.5 Å². The van der Waals surface area contributed by atoms with Gasteiger partial charge in [-0.3, -0.25) is 4.79 Å². The highest BCUT2D eigenvalue weighted by Gasteiger charge is 2.33. The molecule has 6 heteroatoms. The van der Waals surface area contributed by atoms with E-state index < -0.39 is 11.6 Å². The minimum absolute atomic E-state index is 0.141. The molecule has 0 aromatic rings. The third-order valence-electron chi connectivity index (χ3n) is 5.30. The van der Waals surface area contributed by atoms with Gasteiger partial charge in [0.05, 0.1) is 13.0 Å². The minimum atomic E-state index is -0.616. The third kappa shape index (κ3) is 7.80. The number of rotatable bonds is 9. The lowest BCUT2D eigenvalue weighted by Gasteiger charge is -2.24. The SMILES string of the molecule is CCOC(=O)C1COC([C@H](CCCC2CCCCC2)CC(=O)OC(C)(C)C)=N1. The first-order valence-corrected chi connectivity index (χ1v) is 10.9. The molecule has 28 heavy (non-hydrogen) atoms. The second-order valence-electron chi connectivity index (χ2n) is 8.97. The Morgan fingerprint density at radius 2 is 1.93 bits per heavy atom. The maximum atomic E-state index is 12.4. The second kappa shape index (κ2) is 10.8. The molecule has 1 aliphatic carbocycles. The van der Waals surface area contributed by atoms with Crippen LogP contribution in [0.3, 0.4) is 0 Å². The molecule has 0 amide bonds. The van der Waals surface area contributed by atoms with Gasteiger partial charge < -0.3 is 14.2 Å². The molecule has 2 rings (SSSR count). The molecule has 1 unspecified atom stereocenters. The lowest BCUT2D eigenvalue weighted by molar-refractivity contribution is -0.155. The summed E-state index contributed by atoms with van der Waals surface area (Å²) in [4.78, 5) is 28.8. The van der Waals surface area contributed by atoms with Gasteiger partial charge in [-0.05, 0) is 40.0 Å². The molecule has 1 aliphatic heterocycles. The fourth-order valence-electron chi connectivity index (χ4n) is 4.00. The number of carbonyl (C=O) groups is 2. The Bertz CT molecular complexity index is 546. The summed E-state index contributed by atoms with van der Waals surface area (Å²) < 4.78 is 16.2. The first-order valence-electron chi connectivity index (χ1n) is 10.9. The van der Waals surface area contributed by atoms with Crippen molar-refractivity contribution < 1.29 is 23.8 Å². The number of ether oxygens (including phenoxy) is 3. The summed E-state index contributed by atoms with van der Waals surface area (Å²) in [5.74, 6) is 0.553. The van der Waals surface area contributed by atoms with Gasteiger partial charge in [-0.1, -0.05) is 44.9 Å². The Morgan fingerprint density at radius 1 is 1.21 bits per heavy atom. The molecule has 1 fully saturated rings. The lowest BCUT2D eigenvalue weighted by Crippen LogP contribution is -2.27. The third-order valence-corrected chi connectivity index (χ3v) is 5.30. The van der Waals surface area contributed by atoms with Crippen molar-refractivity contribution in [3.05, 3.63) is 0 Å². The molecule has 0 bridgehead atoms. The van der Waals surface area contributed by atoms with E-state index in [2.05, 4.69) is 4.99 Å². The highest BCUT2D eigenvalue weighted by molar-refractivity contribution is 5.89. The normalized spacial score (nSPS) is 21.6. The summed E-state index contributed by atoms with van der Waals surface area (Å²) in [7, 11) is 0. The van der Waals surface area contributed by atoms with Crippen molar-refractivity contribution in [2.24, 2.45) is 16.8 Å². The van der Waals surface area contributed by atoms with Crippen molar-refractivity contribution in [3.63, 3.8) is 0 Å². The van der Waals surface area contributed by atoms with Crippen molar-refractivity contribution in [2.75, 3.05) is 13.2 Å². The van der Waals surface area contributed by atoms with Gasteiger partial charge in [-0.25, -0.2) is 9.79 Å². The van der Waals surface area contributed by atoms with Crippen LogP contribution in [0.25, 0.3) is 0 Å². The fraction of sp³-hybridized carbons (Fsp3) is 0.864. The fourth-order valence-corrected chi connectivity index (χ4v) is 4.00. The summed E-state index contributed by atoms with van der Waals surface area (Å²) in [5.41, 5.74) is -0.518. The van der Waals surface area contributed by atoms with Crippen LogP contribution in [0.4, 0.5) is 0 Å². The molecule has 0 saturated heterocycles. The first-order chi connectivity index (χ1) is 13.3. The van der Waals surface area contributed by atoms with Crippen molar-refractivity contribution in [1.29, 1.82) is 0 Å². The highest BCUT2D eigenvalue weighted by atomic mass is 16.6. The van der Waals surface area contributed by atoms with E-state index in [4.69, 9.17) is 14.2 Å². The van der Waals surface area contributed by atoms with Crippen LogP contribution in [-0.2, 0) is 23.8 Å². The van der Waals surface area contributed by atoms with Crippen LogP contribution >= 0.6 is 0 Å². The van der Waals surface area contributed by atoms with Gasteiger partial charge >= 0.3 is 11.9 Å². The molecule has 1 heterocycles. The van der Waals surface area contributed by atoms with Gasteiger partial charge in [0.1, 0.15) is 12.2 Å². The number of aliphatic imine (C=N–C) groups is 1. The van der Waals surface area contributed by atoms with E-state index in [1.165, 1.54) is 38.5 Å². The smallest absolute Gasteiger partial charge is 0.334 e. The largest absolute Gasteiger partial charge is 0.478 e. The van der Waals surface area contributed by atoms with Crippen LogP contribution in [0, 0.1) is 11.8 Å². The van der Waals surface area contributed by atoms with Crippen molar-refractivity contribution in [1.82, 2.24) is 0 Å². The maximum Gasteiger partial charge on any atom is 0.334 e. The summed E-state index contributed by atoms with van der Waals surface area (Å²) in [5, 5.41) is 0. The number of nitrogens with zero attached hydrogens (tertiary/aromatic N) is 1. The molecular formula is C22H37NO5. The molecule has 0 spiro atoms. The Labute approximate surface area is 169 Å². The molecule has 6 nitrogen and oxygen atoms in total. The second-order valence-corrected chi connectivity index (χ2v) is 8.97. The monoisotopic (exact) mass is 395 g/mol. The van der Waals surface area contributed by atoms with E-state index in [1.807, 2.05) is 20.8 Å². The van der Waals surface area contributed by atoms with E-state index in [0.717, 1.165) is 18.8 Å². The van der Waals surface area contributed by atoms with E-state index in [9.17, 15) is 9.59 Å². The number of hydrogen-bond donors (Lipinski definition) is 0. The zero-order valence-electron chi connectivity index (χ0n) is 18.0. The first kappa shape index (κ1) is 22.7. The molecule has 160 valence electrons. The number of hydrogen-bond acceptors (Lipinski definition) is 6. The zero-order valence-corrected chi connectivity index (χ0v) is 18.0. The number of carbonyl (C=O) groups excluding carboxylic acids is 2. The van der Waals surface area contributed by atoms with Crippen LogP contribution < -0.4 is 0 Å². The highest BCUT2D eigenvalue weighted by Crippen LogP contribution is 2.30. The molecular weight excluding hydrogens is 358 g/mol. The Balaban J connectivity index is 1.95.